The van der Waals surface area contributed by atoms with Gasteiger partial charge in [0.25, 0.3) is 11.1 Å². The lowest BCUT2D eigenvalue weighted by Gasteiger charge is -2.14. The number of aromatic nitrogens is 1. The fourth-order valence-electron chi connectivity index (χ4n) is 4.34. The zero-order valence-corrected chi connectivity index (χ0v) is 13.1. The summed E-state index contributed by atoms with van der Waals surface area (Å²) in [4.78, 5) is 27.8. The molecule has 1 aromatic heterocycles. The van der Waals surface area contributed by atoms with Gasteiger partial charge in [0, 0.05) is 21.5 Å². The van der Waals surface area contributed by atoms with Gasteiger partial charge in [0.1, 0.15) is 0 Å². The lowest BCUT2D eigenvalue weighted by Crippen LogP contribution is -2.13. The predicted octanol–water partition coefficient (Wildman–Crippen LogP) is 4.38. The number of fused-ring (bicyclic) bond motifs is 1. The second-order valence-corrected chi connectivity index (χ2v) is 6.57. The number of aromatic amines is 1. The first-order valence-corrected chi connectivity index (χ1v) is 8.22. The van der Waals surface area contributed by atoms with Crippen LogP contribution in [0, 0.1) is 0 Å². The highest BCUT2D eigenvalue weighted by molar-refractivity contribution is 6.38. The molecule has 0 aliphatic rings. The van der Waals surface area contributed by atoms with Gasteiger partial charge in [-0.3, -0.25) is 14.6 Å². The van der Waals surface area contributed by atoms with Gasteiger partial charge in [-0.2, -0.15) is 0 Å². The third-order valence-electron chi connectivity index (χ3n) is 5.35. The Kier molecular flexibility index (Phi) is 2.13. The number of H-pyrrole nitrogens is 1. The summed E-state index contributed by atoms with van der Waals surface area (Å²) in [6.45, 7) is 0. The molecule has 6 aromatic rings. The van der Waals surface area contributed by atoms with E-state index in [2.05, 4.69) is 29.2 Å². The van der Waals surface area contributed by atoms with Crippen molar-refractivity contribution in [1.82, 2.24) is 4.98 Å². The summed E-state index contributed by atoms with van der Waals surface area (Å²) >= 11 is 0. The van der Waals surface area contributed by atoms with E-state index in [0.717, 1.165) is 43.1 Å². The van der Waals surface area contributed by atoms with E-state index in [9.17, 15) is 9.59 Å². The molecule has 5 aromatic carbocycles. The lowest BCUT2D eigenvalue weighted by molar-refractivity contribution is 1.23. The zero-order valence-electron chi connectivity index (χ0n) is 13.1. The molecule has 6 rings (SSSR count). The molecule has 3 heteroatoms. The second kappa shape index (κ2) is 4.14. The molecule has 0 aliphatic heterocycles. The summed E-state index contributed by atoms with van der Waals surface area (Å²) in [5, 5.41) is 9.40. The molecule has 116 valence electrons. The van der Waals surface area contributed by atoms with Crippen LogP contribution in [0.2, 0.25) is 0 Å². The molecular weight excluding hydrogens is 310 g/mol. The van der Waals surface area contributed by atoms with Crippen molar-refractivity contribution in [3.8, 4) is 0 Å². The summed E-state index contributed by atoms with van der Waals surface area (Å²) in [6.07, 6.45) is 0. The van der Waals surface area contributed by atoms with Gasteiger partial charge in [0.15, 0.2) is 0 Å². The largest absolute Gasteiger partial charge is 0.288 e. The average Bonchev–Trinajstić information content (AvgIpc) is 2.75. The summed E-state index contributed by atoms with van der Waals surface area (Å²) < 4.78 is 0. The molecule has 0 spiro atoms. The molecule has 3 nitrogen and oxygen atoms in total. The Morgan fingerprint density at radius 2 is 0.960 bits per heavy atom. The fraction of sp³-hybridized carbons (Fsp3) is 0. The number of hydrogen-bond acceptors (Lipinski definition) is 2. The van der Waals surface area contributed by atoms with Crippen LogP contribution in [0.5, 0.6) is 0 Å². The van der Waals surface area contributed by atoms with Gasteiger partial charge >= 0.3 is 0 Å². The van der Waals surface area contributed by atoms with Gasteiger partial charge in [-0.25, -0.2) is 0 Å². The van der Waals surface area contributed by atoms with Crippen LogP contribution in [0.15, 0.2) is 70.3 Å². The molecule has 25 heavy (non-hydrogen) atoms. The Morgan fingerprint density at radius 1 is 0.480 bits per heavy atom. The van der Waals surface area contributed by atoms with Crippen LogP contribution in [0.1, 0.15) is 0 Å². The van der Waals surface area contributed by atoms with Crippen molar-refractivity contribution >= 4 is 53.9 Å². The van der Waals surface area contributed by atoms with Crippen molar-refractivity contribution in [1.29, 1.82) is 0 Å². The summed E-state index contributed by atoms with van der Waals surface area (Å²) in [6, 6.07) is 19.9. The van der Waals surface area contributed by atoms with Crippen molar-refractivity contribution in [3.63, 3.8) is 0 Å². The van der Waals surface area contributed by atoms with Gasteiger partial charge in [-0.05, 0) is 44.5 Å². The van der Waals surface area contributed by atoms with Crippen LogP contribution in [-0.4, -0.2) is 4.98 Å². The summed E-state index contributed by atoms with van der Waals surface area (Å²) in [7, 11) is 0. The van der Waals surface area contributed by atoms with E-state index in [0.29, 0.717) is 10.8 Å². The first kappa shape index (κ1) is 12.9. The van der Waals surface area contributed by atoms with E-state index >= 15 is 0 Å². The Labute approximate surface area is 140 Å². The molecule has 0 aliphatic carbocycles. The van der Waals surface area contributed by atoms with Gasteiger partial charge in [0.2, 0.25) is 0 Å². The Morgan fingerprint density at radius 3 is 1.44 bits per heavy atom. The van der Waals surface area contributed by atoms with E-state index in [1.807, 2.05) is 36.4 Å². The third-order valence-corrected chi connectivity index (χ3v) is 5.35. The maximum absolute atomic E-state index is 12.6. The maximum Gasteiger partial charge on any atom is 0.258 e. The van der Waals surface area contributed by atoms with Gasteiger partial charge in [0.05, 0.1) is 0 Å². The molecular formula is C22H11NO2. The Bertz CT molecular complexity index is 1460. The fourth-order valence-corrected chi connectivity index (χ4v) is 4.34. The minimum Gasteiger partial charge on any atom is -0.288 e. The van der Waals surface area contributed by atoms with Crippen LogP contribution in [0.4, 0.5) is 0 Å². The SMILES string of the molecule is O=c1[nH]c(=O)c2ccc3cccc4c5cccc6ccc1c(c65)c2c34. The van der Waals surface area contributed by atoms with E-state index in [1.165, 1.54) is 0 Å². The monoisotopic (exact) mass is 321 g/mol. The number of benzene rings is 5. The van der Waals surface area contributed by atoms with Crippen LogP contribution in [0.3, 0.4) is 0 Å². The molecule has 0 unspecified atom stereocenters. The number of rotatable bonds is 0. The molecule has 0 bridgehead atoms. The highest BCUT2D eigenvalue weighted by atomic mass is 16.2. The van der Waals surface area contributed by atoms with Crippen molar-refractivity contribution in [2.45, 2.75) is 0 Å². The topological polar surface area (TPSA) is 49.9 Å². The molecule has 1 N–H and O–H groups in total. The molecule has 0 saturated heterocycles. The highest BCUT2D eigenvalue weighted by Gasteiger charge is 2.18. The number of nitrogens with one attached hydrogen (secondary N) is 1. The quantitative estimate of drug-likeness (QED) is 0.333. The zero-order chi connectivity index (χ0) is 16.7. The molecule has 0 saturated carbocycles. The van der Waals surface area contributed by atoms with Crippen LogP contribution in [0.25, 0.3) is 53.9 Å². The lowest BCUT2D eigenvalue weighted by atomic mass is 9.88. The van der Waals surface area contributed by atoms with E-state index in [1.54, 1.807) is 0 Å². The van der Waals surface area contributed by atoms with Crippen molar-refractivity contribution < 1.29 is 0 Å². The Hall–Kier alpha value is -3.46. The van der Waals surface area contributed by atoms with E-state index in [4.69, 9.17) is 0 Å². The van der Waals surface area contributed by atoms with Gasteiger partial charge < -0.3 is 0 Å². The van der Waals surface area contributed by atoms with Crippen LogP contribution < -0.4 is 11.1 Å². The predicted molar refractivity (Wildman–Crippen MR) is 103 cm³/mol. The highest BCUT2D eigenvalue weighted by Crippen LogP contribution is 2.42. The van der Waals surface area contributed by atoms with Crippen molar-refractivity contribution in [2.75, 3.05) is 0 Å². The van der Waals surface area contributed by atoms with Crippen LogP contribution >= 0.6 is 0 Å². The molecule has 0 atom stereocenters. The summed E-state index contributed by atoms with van der Waals surface area (Å²) in [5.41, 5.74) is -0.666. The second-order valence-electron chi connectivity index (χ2n) is 6.57. The average molecular weight is 321 g/mol. The third kappa shape index (κ3) is 1.42. The molecule has 0 amide bonds. The van der Waals surface area contributed by atoms with E-state index < -0.39 is 0 Å². The molecule has 0 radical (unpaired) electrons. The van der Waals surface area contributed by atoms with Crippen molar-refractivity contribution in [3.05, 3.63) is 81.4 Å². The van der Waals surface area contributed by atoms with Gasteiger partial charge in [-0.15, -0.1) is 0 Å². The smallest absolute Gasteiger partial charge is 0.258 e. The molecule has 1 heterocycles. The van der Waals surface area contributed by atoms with Crippen LogP contribution in [-0.2, 0) is 0 Å². The minimum atomic E-state index is -0.333. The Balaban J connectivity index is 2.27. The number of hydrogen-bond donors (Lipinski definition) is 1. The first-order chi connectivity index (χ1) is 12.2. The summed E-state index contributed by atoms with van der Waals surface area (Å²) in [5.74, 6) is 0. The first-order valence-electron chi connectivity index (χ1n) is 8.22. The van der Waals surface area contributed by atoms with Crippen molar-refractivity contribution in [2.24, 2.45) is 0 Å². The van der Waals surface area contributed by atoms with Gasteiger partial charge in [-0.1, -0.05) is 48.5 Å². The normalized spacial score (nSPS) is 12.3. The standard InChI is InChI=1S/C22H11NO2/c24-21-15-9-7-11-3-1-5-13-14-6-2-4-12-8-10-16(22(25)23-21)20(18(12)14)19(15)17(11)13/h1-10H,(H,23,24,25). The van der Waals surface area contributed by atoms with E-state index in [-0.39, 0.29) is 11.1 Å². The minimum absolute atomic E-state index is 0.333. The molecule has 0 fully saturated rings. The maximum atomic E-state index is 12.6.